The summed E-state index contributed by atoms with van der Waals surface area (Å²) in [7, 11) is 1.62. The first-order chi connectivity index (χ1) is 13.7. The van der Waals surface area contributed by atoms with Gasteiger partial charge in [0.25, 0.3) is 5.91 Å². The molecule has 1 fully saturated rings. The van der Waals surface area contributed by atoms with E-state index in [1.807, 2.05) is 24.3 Å². The summed E-state index contributed by atoms with van der Waals surface area (Å²) >= 11 is 7.32. The first-order valence-corrected chi connectivity index (χ1v) is 10.3. The van der Waals surface area contributed by atoms with Gasteiger partial charge in [-0.2, -0.15) is 0 Å². The van der Waals surface area contributed by atoms with Crippen LogP contribution in [0, 0.1) is 0 Å². The molecule has 1 saturated heterocycles. The Hall–Kier alpha value is -2.35. The Bertz CT molecular complexity index is 1000. The number of nitrogens with one attached hydrogen (secondary N) is 1. The second kappa shape index (κ2) is 8.34. The largest absolute Gasteiger partial charge is 0.494 e. The van der Waals surface area contributed by atoms with Crippen LogP contribution in [0.15, 0.2) is 36.4 Å². The zero-order valence-electron chi connectivity index (χ0n) is 15.4. The molecule has 0 saturated carbocycles. The normalized spacial score (nSPS) is 14.3. The Kier molecular flexibility index (Phi) is 5.66. The standard InChI is InChI=1S/C20H20ClN3O3S/c1-26-16-6-5-15(24-7-9-27-10-8-24)18-17(16)22-20(28-18)23-19(25)14-4-2-3-13(11-14)12-21/h2-6,11H,7-10,12H2,1H3,(H,22,23,25). The average molecular weight is 418 g/mol. The second-order valence-electron chi connectivity index (χ2n) is 6.37. The molecule has 0 atom stereocenters. The molecule has 0 spiro atoms. The maximum Gasteiger partial charge on any atom is 0.257 e. The maximum atomic E-state index is 12.7. The van der Waals surface area contributed by atoms with E-state index >= 15 is 0 Å². The molecule has 1 aromatic heterocycles. The van der Waals surface area contributed by atoms with Crippen molar-refractivity contribution in [2.75, 3.05) is 43.6 Å². The average Bonchev–Trinajstić information content (AvgIpc) is 3.17. The Labute approximate surface area is 172 Å². The number of morpholine rings is 1. The highest BCUT2D eigenvalue weighted by molar-refractivity contribution is 7.23. The lowest BCUT2D eigenvalue weighted by Crippen LogP contribution is -2.36. The molecule has 1 aliphatic rings. The van der Waals surface area contributed by atoms with Crippen molar-refractivity contribution >= 4 is 49.9 Å². The van der Waals surface area contributed by atoms with Crippen LogP contribution in [0.5, 0.6) is 5.75 Å². The number of carbonyl (C=O) groups excluding carboxylic acids is 1. The number of fused-ring (bicyclic) bond motifs is 1. The van der Waals surface area contributed by atoms with E-state index in [-0.39, 0.29) is 5.91 Å². The molecule has 0 bridgehead atoms. The fraction of sp³-hybridized carbons (Fsp3) is 0.300. The molecule has 8 heteroatoms. The van der Waals surface area contributed by atoms with Crippen LogP contribution in [0.2, 0.25) is 0 Å². The number of alkyl halides is 1. The molecule has 146 valence electrons. The van der Waals surface area contributed by atoms with Crippen molar-refractivity contribution in [3.05, 3.63) is 47.5 Å². The number of ether oxygens (including phenoxy) is 2. The number of rotatable bonds is 5. The molecule has 1 amide bonds. The lowest BCUT2D eigenvalue weighted by Gasteiger charge is -2.29. The highest BCUT2D eigenvalue weighted by atomic mass is 35.5. The molecular formula is C20H20ClN3O3S. The van der Waals surface area contributed by atoms with E-state index in [4.69, 9.17) is 21.1 Å². The predicted molar refractivity (Wildman–Crippen MR) is 113 cm³/mol. The van der Waals surface area contributed by atoms with Crippen molar-refractivity contribution in [2.45, 2.75) is 5.88 Å². The zero-order chi connectivity index (χ0) is 19.5. The smallest absolute Gasteiger partial charge is 0.257 e. The van der Waals surface area contributed by atoms with Gasteiger partial charge in [0, 0.05) is 24.5 Å². The van der Waals surface area contributed by atoms with Gasteiger partial charge < -0.3 is 14.4 Å². The summed E-state index contributed by atoms with van der Waals surface area (Å²) in [5.74, 6) is 0.841. The maximum absolute atomic E-state index is 12.7. The van der Waals surface area contributed by atoms with Crippen LogP contribution in [-0.4, -0.2) is 44.3 Å². The van der Waals surface area contributed by atoms with Crippen LogP contribution in [0.25, 0.3) is 10.2 Å². The minimum atomic E-state index is -0.210. The van der Waals surface area contributed by atoms with Gasteiger partial charge in [-0.15, -0.1) is 11.6 Å². The summed E-state index contributed by atoms with van der Waals surface area (Å²) in [6, 6.07) is 11.2. The summed E-state index contributed by atoms with van der Waals surface area (Å²) in [5.41, 5.74) is 3.29. The topological polar surface area (TPSA) is 63.7 Å². The first kappa shape index (κ1) is 19.0. The summed E-state index contributed by atoms with van der Waals surface area (Å²) in [6.45, 7) is 3.05. The Morgan fingerprint density at radius 2 is 2.14 bits per heavy atom. The van der Waals surface area contributed by atoms with Crippen molar-refractivity contribution < 1.29 is 14.3 Å². The molecule has 2 heterocycles. The number of hydrogen-bond acceptors (Lipinski definition) is 6. The lowest BCUT2D eigenvalue weighted by molar-refractivity contribution is 0.102. The molecule has 1 N–H and O–H groups in total. The molecule has 4 rings (SSSR count). The number of hydrogen-bond donors (Lipinski definition) is 1. The SMILES string of the molecule is COc1ccc(N2CCOCC2)c2sc(NC(=O)c3cccc(CCl)c3)nc12. The summed E-state index contributed by atoms with van der Waals surface area (Å²) in [6.07, 6.45) is 0. The van der Waals surface area contributed by atoms with E-state index in [1.54, 1.807) is 19.2 Å². The molecule has 0 unspecified atom stereocenters. The number of nitrogens with zero attached hydrogens (tertiary/aromatic N) is 2. The van der Waals surface area contributed by atoms with Gasteiger partial charge in [0.05, 0.1) is 30.7 Å². The van der Waals surface area contributed by atoms with Crippen molar-refractivity contribution in [1.82, 2.24) is 4.98 Å². The van der Waals surface area contributed by atoms with Gasteiger partial charge in [-0.3, -0.25) is 10.1 Å². The Balaban J connectivity index is 1.66. The number of benzene rings is 2. The van der Waals surface area contributed by atoms with E-state index in [1.165, 1.54) is 11.3 Å². The molecule has 28 heavy (non-hydrogen) atoms. The van der Waals surface area contributed by atoms with Crippen LogP contribution >= 0.6 is 22.9 Å². The number of amides is 1. The fourth-order valence-corrected chi connectivity index (χ4v) is 4.39. The van der Waals surface area contributed by atoms with Crippen LogP contribution in [0.3, 0.4) is 0 Å². The molecule has 6 nitrogen and oxygen atoms in total. The number of carbonyl (C=O) groups is 1. The third kappa shape index (κ3) is 3.78. The van der Waals surface area contributed by atoms with Crippen LogP contribution in [-0.2, 0) is 10.6 Å². The lowest BCUT2D eigenvalue weighted by atomic mass is 10.1. The highest BCUT2D eigenvalue weighted by Crippen LogP contribution is 2.39. The van der Waals surface area contributed by atoms with Gasteiger partial charge in [-0.05, 0) is 29.8 Å². The third-order valence-electron chi connectivity index (χ3n) is 4.62. The monoisotopic (exact) mass is 417 g/mol. The second-order valence-corrected chi connectivity index (χ2v) is 7.64. The minimum absolute atomic E-state index is 0.210. The van der Waals surface area contributed by atoms with Gasteiger partial charge in [0.1, 0.15) is 11.3 Å². The van der Waals surface area contributed by atoms with Crippen LogP contribution in [0.1, 0.15) is 15.9 Å². The third-order valence-corrected chi connectivity index (χ3v) is 5.92. The molecule has 0 aliphatic carbocycles. The molecule has 1 aliphatic heterocycles. The van der Waals surface area contributed by atoms with Gasteiger partial charge >= 0.3 is 0 Å². The minimum Gasteiger partial charge on any atom is -0.494 e. The highest BCUT2D eigenvalue weighted by Gasteiger charge is 2.20. The van der Waals surface area contributed by atoms with Crippen molar-refractivity contribution in [3.8, 4) is 5.75 Å². The van der Waals surface area contributed by atoms with E-state index in [0.29, 0.717) is 35.5 Å². The Morgan fingerprint density at radius 3 is 2.89 bits per heavy atom. The number of halogens is 1. The van der Waals surface area contributed by atoms with Crippen molar-refractivity contribution in [3.63, 3.8) is 0 Å². The number of anilines is 2. The quantitative estimate of drug-likeness (QED) is 0.632. The summed E-state index contributed by atoms with van der Waals surface area (Å²) < 4.78 is 11.9. The molecular weight excluding hydrogens is 398 g/mol. The Morgan fingerprint density at radius 1 is 1.32 bits per heavy atom. The van der Waals surface area contributed by atoms with Crippen LogP contribution in [0.4, 0.5) is 10.8 Å². The van der Waals surface area contributed by atoms with E-state index < -0.39 is 0 Å². The summed E-state index contributed by atoms with van der Waals surface area (Å²) in [4.78, 5) is 19.6. The van der Waals surface area contributed by atoms with Gasteiger partial charge in [-0.1, -0.05) is 23.5 Å². The van der Waals surface area contributed by atoms with Crippen molar-refractivity contribution in [1.29, 1.82) is 0 Å². The van der Waals surface area contributed by atoms with E-state index in [9.17, 15) is 4.79 Å². The first-order valence-electron chi connectivity index (χ1n) is 8.96. The molecule has 2 aromatic carbocycles. The van der Waals surface area contributed by atoms with Crippen LogP contribution < -0.4 is 15.0 Å². The van der Waals surface area contributed by atoms with Gasteiger partial charge in [0.2, 0.25) is 0 Å². The molecule has 3 aromatic rings. The van der Waals surface area contributed by atoms with Gasteiger partial charge in [-0.25, -0.2) is 4.98 Å². The van der Waals surface area contributed by atoms with Gasteiger partial charge in [0.15, 0.2) is 5.13 Å². The number of aromatic nitrogens is 1. The predicted octanol–water partition coefficient (Wildman–Crippen LogP) is 4.13. The van der Waals surface area contributed by atoms with Crippen molar-refractivity contribution in [2.24, 2.45) is 0 Å². The fourth-order valence-electron chi connectivity index (χ4n) is 3.21. The zero-order valence-corrected chi connectivity index (χ0v) is 17.0. The molecule has 0 radical (unpaired) electrons. The van der Waals surface area contributed by atoms with E-state index in [2.05, 4.69) is 15.2 Å². The number of methoxy groups -OCH3 is 1. The summed E-state index contributed by atoms with van der Waals surface area (Å²) in [5, 5.41) is 3.44. The van der Waals surface area contributed by atoms with E-state index in [0.717, 1.165) is 34.6 Å². The number of thiazole rings is 1.